The number of nitrogens with zero attached hydrogens (tertiary/aromatic N) is 2. The average molecular weight is 310 g/mol. The van der Waals surface area contributed by atoms with Crippen LogP contribution in [0.15, 0.2) is 18.2 Å². The van der Waals surface area contributed by atoms with Crippen molar-refractivity contribution >= 4 is 34.9 Å². The first kappa shape index (κ1) is 16.0. The molecule has 0 aromatic heterocycles. The van der Waals surface area contributed by atoms with E-state index in [2.05, 4.69) is 0 Å². The summed E-state index contributed by atoms with van der Waals surface area (Å²) >= 11 is 0. The second-order valence-corrected chi connectivity index (χ2v) is 7.18. The summed E-state index contributed by atoms with van der Waals surface area (Å²) in [7, 11) is 3.37. The third kappa shape index (κ3) is 3.27. The zero-order chi connectivity index (χ0) is 15.8. The maximum Gasteiger partial charge on any atom is 0.245 e. The van der Waals surface area contributed by atoms with E-state index in [-0.39, 0.29) is 11.2 Å². The second-order valence-electron chi connectivity index (χ2n) is 5.14. The Kier molecular flexibility index (Phi) is 4.39. The Bertz CT molecular complexity index is 665. The lowest BCUT2D eigenvalue weighted by Crippen LogP contribution is -2.53. The van der Waals surface area contributed by atoms with Gasteiger partial charge in [-0.3, -0.25) is 4.79 Å². The summed E-state index contributed by atoms with van der Waals surface area (Å²) in [5.41, 5.74) is 0.395. The van der Waals surface area contributed by atoms with E-state index in [0.717, 1.165) is 16.6 Å². The van der Waals surface area contributed by atoms with Crippen LogP contribution in [-0.4, -0.2) is 52.4 Å². The minimum Gasteiger partial charge on any atom is -0.308 e. The van der Waals surface area contributed by atoms with Gasteiger partial charge in [-0.1, -0.05) is 11.5 Å². The fraction of sp³-hybridized carbons (Fsp3) is 0.462. The minimum atomic E-state index is -3.49. The SMILES string of the molecule is [B]c1ccc(N2CCCC(N(C)S(C)(=O)=O)C2=O)c(F)c1. The number of piperidine rings is 1. The van der Waals surface area contributed by atoms with Crippen molar-refractivity contribution in [3.8, 4) is 0 Å². The number of anilines is 1. The van der Waals surface area contributed by atoms with Crippen LogP contribution in [0.25, 0.3) is 0 Å². The van der Waals surface area contributed by atoms with Crippen molar-refractivity contribution in [3.63, 3.8) is 0 Å². The number of carbonyl (C=O) groups excluding carboxylic acids is 1. The number of amides is 1. The Labute approximate surface area is 125 Å². The highest BCUT2D eigenvalue weighted by atomic mass is 32.2. The van der Waals surface area contributed by atoms with Crippen LogP contribution in [0.5, 0.6) is 0 Å². The number of benzene rings is 1. The molecule has 1 fully saturated rings. The normalized spacial score (nSPS) is 20.1. The lowest BCUT2D eigenvalue weighted by Gasteiger charge is -2.35. The number of rotatable bonds is 3. The van der Waals surface area contributed by atoms with Gasteiger partial charge >= 0.3 is 0 Å². The molecule has 1 saturated heterocycles. The first-order valence-corrected chi connectivity index (χ1v) is 8.36. The van der Waals surface area contributed by atoms with Gasteiger partial charge in [0.05, 0.1) is 11.9 Å². The molecular formula is C13H16BFN2O3S. The molecule has 1 amide bonds. The number of hydrogen-bond acceptors (Lipinski definition) is 3. The van der Waals surface area contributed by atoms with E-state index in [0.29, 0.717) is 19.4 Å². The van der Waals surface area contributed by atoms with Gasteiger partial charge in [-0.15, -0.1) is 0 Å². The van der Waals surface area contributed by atoms with Crippen molar-refractivity contribution < 1.29 is 17.6 Å². The molecule has 1 aliphatic rings. The summed E-state index contributed by atoms with van der Waals surface area (Å²) in [4.78, 5) is 13.8. The van der Waals surface area contributed by atoms with Crippen LogP contribution in [0.1, 0.15) is 12.8 Å². The van der Waals surface area contributed by atoms with Crippen LogP contribution < -0.4 is 10.4 Å². The van der Waals surface area contributed by atoms with E-state index in [9.17, 15) is 17.6 Å². The number of hydrogen-bond donors (Lipinski definition) is 0. The van der Waals surface area contributed by atoms with E-state index in [1.165, 1.54) is 24.1 Å². The van der Waals surface area contributed by atoms with E-state index >= 15 is 0 Å². The molecule has 0 bridgehead atoms. The third-order valence-electron chi connectivity index (χ3n) is 3.63. The number of halogens is 1. The summed E-state index contributed by atoms with van der Waals surface area (Å²) < 4.78 is 38.2. The molecule has 0 saturated carbocycles. The van der Waals surface area contributed by atoms with Gasteiger partial charge in [0, 0.05) is 13.6 Å². The second kappa shape index (κ2) is 5.77. The van der Waals surface area contributed by atoms with E-state index < -0.39 is 27.8 Å². The fourth-order valence-corrected chi connectivity index (χ4v) is 3.06. The van der Waals surface area contributed by atoms with Gasteiger partial charge in [-0.05, 0) is 25.0 Å². The van der Waals surface area contributed by atoms with Gasteiger partial charge in [0.25, 0.3) is 0 Å². The molecule has 1 heterocycles. The largest absolute Gasteiger partial charge is 0.308 e. The van der Waals surface area contributed by atoms with Crippen molar-refractivity contribution in [2.24, 2.45) is 0 Å². The van der Waals surface area contributed by atoms with Gasteiger partial charge in [0.15, 0.2) is 0 Å². The molecule has 1 atom stereocenters. The molecule has 5 nitrogen and oxygen atoms in total. The minimum absolute atomic E-state index is 0.126. The smallest absolute Gasteiger partial charge is 0.245 e. The summed E-state index contributed by atoms with van der Waals surface area (Å²) in [5, 5.41) is 0. The molecule has 1 unspecified atom stereocenters. The molecule has 1 aromatic rings. The first-order chi connectivity index (χ1) is 9.71. The van der Waals surface area contributed by atoms with Gasteiger partial charge in [0.2, 0.25) is 15.9 Å². The topological polar surface area (TPSA) is 57.7 Å². The average Bonchev–Trinajstić information content (AvgIpc) is 2.38. The van der Waals surface area contributed by atoms with E-state index in [1.54, 1.807) is 0 Å². The van der Waals surface area contributed by atoms with Crippen molar-refractivity contribution in [2.45, 2.75) is 18.9 Å². The molecule has 2 radical (unpaired) electrons. The molecule has 8 heteroatoms. The quantitative estimate of drug-likeness (QED) is 0.739. The fourth-order valence-electron chi connectivity index (χ4n) is 2.41. The Morgan fingerprint density at radius 2 is 2.10 bits per heavy atom. The van der Waals surface area contributed by atoms with Crippen molar-refractivity contribution in [3.05, 3.63) is 24.0 Å². The van der Waals surface area contributed by atoms with Crippen molar-refractivity contribution in [2.75, 3.05) is 24.7 Å². The Morgan fingerprint density at radius 3 is 2.67 bits per heavy atom. The zero-order valence-corrected chi connectivity index (χ0v) is 12.7. The highest BCUT2D eigenvalue weighted by Gasteiger charge is 2.36. The first-order valence-electron chi connectivity index (χ1n) is 6.51. The van der Waals surface area contributed by atoms with Gasteiger partial charge < -0.3 is 4.90 Å². The molecule has 0 aliphatic carbocycles. The van der Waals surface area contributed by atoms with E-state index in [4.69, 9.17) is 7.85 Å². The van der Waals surface area contributed by atoms with Crippen LogP contribution in [0.2, 0.25) is 0 Å². The molecule has 0 N–H and O–H groups in total. The van der Waals surface area contributed by atoms with Crippen LogP contribution in [-0.2, 0) is 14.8 Å². The highest BCUT2D eigenvalue weighted by Crippen LogP contribution is 2.25. The summed E-state index contributed by atoms with van der Waals surface area (Å²) in [6.07, 6.45) is 2.07. The summed E-state index contributed by atoms with van der Waals surface area (Å²) in [5.74, 6) is -1.01. The summed E-state index contributed by atoms with van der Waals surface area (Å²) in [6, 6.07) is 3.29. The number of likely N-dealkylation sites (N-methyl/N-ethyl adjacent to an activating group) is 1. The number of sulfonamides is 1. The van der Waals surface area contributed by atoms with Crippen LogP contribution in [0.4, 0.5) is 10.1 Å². The highest BCUT2D eigenvalue weighted by molar-refractivity contribution is 7.88. The Morgan fingerprint density at radius 1 is 1.43 bits per heavy atom. The molecule has 1 aromatic carbocycles. The predicted octanol–water partition coefficient (Wildman–Crippen LogP) is 0.00630. The maximum atomic E-state index is 14.0. The predicted molar refractivity (Wildman–Crippen MR) is 79.8 cm³/mol. The lowest BCUT2D eigenvalue weighted by molar-refractivity contribution is -0.123. The maximum absolute atomic E-state index is 14.0. The molecule has 112 valence electrons. The molecule has 0 spiro atoms. The van der Waals surface area contributed by atoms with Crippen molar-refractivity contribution in [1.82, 2.24) is 4.31 Å². The van der Waals surface area contributed by atoms with Crippen LogP contribution in [0, 0.1) is 5.82 Å². The summed E-state index contributed by atoms with van der Waals surface area (Å²) in [6.45, 7) is 0.355. The standard InChI is InChI=1S/C13H16BFN2O3S/c1-16(21(2,19)20)12-4-3-7-17(13(12)18)11-6-5-9(14)8-10(11)15/h5-6,8,12H,3-4,7H2,1-2H3. The van der Waals surface area contributed by atoms with Crippen LogP contribution >= 0.6 is 0 Å². The molecule has 2 rings (SSSR count). The zero-order valence-electron chi connectivity index (χ0n) is 11.9. The monoisotopic (exact) mass is 310 g/mol. The molecule has 21 heavy (non-hydrogen) atoms. The van der Waals surface area contributed by atoms with Gasteiger partial charge in [-0.25, -0.2) is 12.8 Å². The lowest BCUT2D eigenvalue weighted by atomic mass is 9.95. The molecule has 1 aliphatic heterocycles. The Hall–Kier alpha value is -1.41. The van der Waals surface area contributed by atoms with E-state index in [1.807, 2.05) is 0 Å². The van der Waals surface area contributed by atoms with Crippen molar-refractivity contribution in [1.29, 1.82) is 0 Å². The van der Waals surface area contributed by atoms with Gasteiger partial charge in [-0.2, -0.15) is 4.31 Å². The van der Waals surface area contributed by atoms with Crippen LogP contribution in [0.3, 0.4) is 0 Å². The van der Waals surface area contributed by atoms with Gasteiger partial charge in [0.1, 0.15) is 19.7 Å². The Balaban J connectivity index is 2.32. The molecular weight excluding hydrogens is 294 g/mol. The number of carbonyl (C=O) groups is 1. The third-order valence-corrected chi connectivity index (χ3v) is 4.94.